The zero-order valence-electron chi connectivity index (χ0n) is 15.3. The highest BCUT2D eigenvalue weighted by molar-refractivity contribution is 5.92. The Bertz CT molecular complexity index is 1170. The van der Waals surface area contributed by atoms with Gasteiger partial charge >= 0.3 is 0 Å². The number of fused-ring (bicyclic) bond motifs is 1. The molecule has 0 saturated heterocycles. The van der Waals surface area contributed by atoms with E-state index in [-0.39, 0.29) is 12.3 Å². The highest BCUT2D eigenvalue weighted by atomic mass is 19.1. The van der Waals surface area contributed by atoms with E-state index in [1.54, 1.807) is 35.7 Å². The van der Waals surface area contributed by atoms with Crippen molar-refractivity contribution in [1.29, 1.82) is 0 Å². The van der Waals surface area contributed by atoms with Crippen molar-refractivity contribution >= 4 is 17.2 Å². The van der Waals surface area contributed by atoms with Gasteiger partial charge in [-0.1, -0.05) is 18.1 Å². The SMILES string of the molecule is CCc1noc(-c2ccn3c(CC(=O)Nc4cc(F)ccc4C)nnc3c2)n1. The number of rotatable bonds is 5. The normalized spacial score (nSPS) is 11.1. The highest BCUT2D eigenvalue weighted by Crippen LogP contribution is 2.20. The van der Waals surface area contributed by atoms with Crippen molar-refractivity contribution in [1.82, 2.24) is 24.7 Å². The Morgan fingerprint density at radius 1 is 1.25 bits per heavy atom. The Balaban J connectivity index is 1.54. The molecule has 0 bridgehead atoms. The Kier molecular flexibility index (Phi) is 4.56. The number of hydrogen-bond acceptors (Lipinski definition) is 6. The van der Waals surface area contributed by atoms with Gasteiger partial charge in [0, 0.05) is 23.9 Å². The van der Waals surface area contributed by atoms with Gasteiger partial charge in [-0.05, 0) is 36.8 Å². The number of hydrogen-bond donors (Lipinski definition) is 1. The van der Waals surface area contributed by atoms with E-state index in [1.165, 1.54) is 12.1 Å². The van der Waals surface area contributed by atoms with Crippen LogP contribution in [0.5, 0.6) is 0 Å². The Hall–Kier alpha value is -3.62. The number of pyridine rings is 1. The van der Waals surface area contributed by atoms with Crippen LogP contribution in [0.15, 0.2) is 41.1 Å². The molecule has 28 heavy (non-hydrogen) atoms. The first-order valence-corrected chi connectivity index (χ1v) is 8.76. The lowest BCUT2D eigenvalue weighted by atomic mass is 10.2. The largest absolute Gasteiger partial charge is 0.334 e. The molecule has 0 fully saturated rings. The zero-order valence-corrected chi connectivity index (χ0v) is 15.3. The second-order valence-corrected chi connectivity index (χ2v) is 6.31. The van der Waals surface area contributed by atoms with Crippen LogP contribution in [0.1, 0.15) is 24.1 Å². The molecule has 1 amide bonds. The molecule has 0 radical (unpaired) electrons. The lowest BCUT2D eigenvalue weighted by Crippen LogP contribution is -2.17. The van der Waals surface area contributed by atoms with Crippen molar-refractivity contribution in [2.45, 2.75) is 26.7 Å². The average Bonchev–Trinajstić information content (AvgIpc) is 3.31. The molecular formula is C19H17FN6O2. The van der Waals surface area contributed by atoms with E-state index in [0.717, 1.165) is 11.1 Å². The van der Waals surface area contributed by atoms with Gasteiger partial charge in [-0.25, -0.2) is 4.39 Å². The number of benzene rings is 1. The standard InChI is InChI=1S/C19H17FN6O2/c1-3-15-22-19(28-25-15)12-6-7-26-16(8-12)23-24-17(26)10-18(27)21-14-9-13(20)5-4-11(14)2/h4-9H,3,10H2,1-2H3,(H,21,27). The summed E-state index contributed by atoms with van der Waals surface area (Å²) in [6.07, 6.45) is 2.42. The van der Waals surface area contributed by atoms with Gasteiger partial charge in [0.1, 0.15) is 11.6 Å². The number of aromatic nitrogens is 5. The van der Waals surface area contributed by atoms with E-state index in [2.05, 4.69) is 25.7 Å². The minimum Gasteiger partial charge on any atom is -0.334 e. The van der Waals surface area contributed by atoms with Crippen molar-refractivity contribution in [3.05, 3.63) is 59.6 Å². The molecule has 0 aliphatic rings. The Morgan fingerprint density at radius 3 is 2.89 bits per heavy atom. The Morgan fingerprint density at radius 2 is 2.11 bits per heavy atom. The van der Waals surface area contributed by atoms with Gasteiger partial charge in [-0.2, -0.15) is 4.98 Å². The number of nitrogens with zero attached hydrogens (tertiary/aromatic N) is 5. The van der Waals surface area contributed by atoms with E-state index in [4.69, 9.17) is 4.52 Å². The molecule has 0 spiro atoms. The highest BCUT2D eigenvalue weighted by Gasteiger charge is 2.14. The van der Waals surface area contributed by atoms with Crippen LogP contribution in [0.2, 0.25) is 0 Å². The van der Waals surface area contributed by atoms with Gasteiger partial charge < -0.3 is 9.84 Å². The summed E-state index contributed by atoms with van der Waals surface area (Å²) >= 11 is 0. The first kappa shape index (κ1) is 17.8. The van der Waals surface area contributed by atoms with Crippen LogP contribution in [0.4, 0.5) is 10.1 Å². The maximum absolute atomic E-state index is 13.4. The van der Waals surface area contributed by atoms with Crippen LogP contribution >= 0.6 is 0 Å². The van der Waals surface area contributed by atoms with E-state index in [1.807, 2.05) is 6.92 Å². The molecule has 4 rings (SSSR count). The molecule has 0 atom stereocenters. The van der Waals surface area contributed by atoms with Gasteiger partial charge in [0.2, 0.25) is 5.91 Å². The van der Waals surface area contributed by atoms with Crippen molar-refractivity contribution in [2.24, 2.45) is 0 Å². The van der Waals surface area contributed by atoms with Crippen molar-refractivity contribution in [3.63, 3.8) is 0 Å². The number of aryl methyl sites for hydroxylation is 2. The topological polar surface area (TPSA) is 98.2 Å². The molecular weight excluding hydrogens is 363 g/mol. The molecule has 0 saturated carbocycles. The lowest BCUT2D eigenvalue weighted by Gasteiger charge is -2.08. The first-order chi connectivity index (χ1) is 13.5. The van der Waals surface area contributed by atoms with Gasteiger partial charge in [0.05, 0.1) is 6.42 Å². The predicted molar refractivity (Wildman–Crippen MR) is 99.1 cm³/mol. The fraction of sp³-hybridized carbons (Fsp3) is 0.211. The molecule has 1 N–H and O–H groups in total. The average molecular weight is 380 g/mol. The van der Waals surface area contributed by atoms with Crippen LogP contribution < -0.4 is 5.32 Å². The van der Waals surface area contributed by atoms with E-state index in [9.17, 15) is 9.18 Å². The summed E-state index contributed by atoms with van der Waals surface area (Å²) in [5.74, 6) is 0.780. The number of halogens is 1. The van der Waals surface area contributed by atoms with Gasteiger partial charge in [-0.15, -0.1) is 10.2 Å². The monoisotopic (exact) mass is 380 g/mol. The molecule has 0 unspecified atom stereocenters. The van der Waals surface area contributed by atoms with Crippen molar-refractivity contribution in [3.8, 4) is 11.5 Å². The summed E-state index contributed by atoms with van der Waals surface area (Å²) in [5.41, 5.74) is 2.48. The van der Waals surface area contributed by atoms with Gasteiger partial charge in [0.15, 0.2) is 11.5 Å². The molecule has 0 aliphatic heterocycles. The summed E-state index contributed by atoms with van der Waals surface area (Å²) in [5, 5.41) is 14.8. The maximum Gasteiger partial charge on any atom is 0.258 e. The zero-order chi connectivity index (χ0) is 19.7. The molecule has 8 nitrogen and oxygen atoms in total. The minimum absolute atomic E-state index is 0.00297. The minimum atomic E-state index is -0.409. The number of anilines is 1. The van der Waals surface area contributed by atoms with Crippen molar-refractivity contribution < 1.29 is 13.7 Å². The molecule has 1 aromatic carbocycles. The summed E-state index contributed by atoms with van der Waals surface area (Å²) in [7, 11) is 0. The summed E-state index contributed by atoms with van der Waals surface area (Å²) in [4.78, 5) is 16.7. The van der Waals surface area contributed by atoms with Crippen LogP contribution in [0.25, 0.3) is 17.1 Å². The van der Waals surface area contributed by atoms with Gasteiger partial charge in [-0.3, -0.25) is 9.20 Å². The second kappa shape index (κ2) is 7.18. The quantitative estimate of drug-likeness (QED) is 0.572. The fourth-order valence-electron chi connectivity index (χ4n) is 2.78. The predicted octanol–water partition coefficient (Wildman–Crippen LogP) is 2.97. The molecule has 4 aromatic rings. The van der Waals surface area contributed by atoms with E-state index < -0.39 is 5.82 Å². The number of carbonyl (C=O) groups excluding carboxylic acids is 1. The fourth-order valence-corrected chi connectivity index (χ4v) is 2.78. The third-order valence-electron chi connectivity index (χ3n) is 4.30. The molecule has 0 aliphatic carbocycles. The van der Waals surface area contributed by atoms with E-state index >= 15 is 0 Å². The number of carbonyl (C=O) groups is 1. The smallest absolute Gasteiger partial charge is 0.258 e. The molecule has 3 heterocycles. The number of amides is 1. The second-order valence-electron chi connectivity index (χ2n) is 6.31. The summed E-state index contributed by atoms with van der Waals surface area (Å²) in [6.45, 7) is 3.74. The Labute approximate surface area is 159 Å². The van der Waals surface area contributed by atoms with E-state index in [0.29, 0.717) is 35.3 Å². The van der Waals surface area contributed by atoms with Crippen LogP contribution in [0.3, 0.4) is 0 Å². The van der Waals surface area contributed by atoms with Crippen molar-refractivity contribution in [2.75, 3.05) is 5.32 Å². The van der Waals surface area contributed by atoms with Gasteiger partial charge in [0.25, 0.3) is 5.89 Å². The molecule has 3 aromatic heterocycles. The van der Waals surface area contributed by atoms with Crippen LogP contribution in [0, 0.1) is 12.7 Å². The van der Waals surface area contributed by atoms with Crippen LogP contribution in [-0.4, -0.2) is 30.6 Å². The van der Waals surface area contributed by atoms with Crippen LogP contribution in [-0.2, 0) is 17.6 Å². The summed E-state index contributed by atoms with van der Waals surface area (Å²) < 4.78 is 20.3. The molecule has 9 heteroatoms. The maximum atomic E-state index is 13.4. The number of nitrogens with one attached hydrogen (secondary N) is 1. The third-order valence-corrected chi connectivity index (χ3v) is 4.30. The lowest BCUT2D eigenvalue weighted by molar-refractivity contribution is -0.115. The summed E-state index contributed by atoms with van der Waals surface area (Å²) in [6, 6.07) is 7.80. The third kappa shape index (κ3) is 3.46. The molecule has 142 valence electrons. The first-order valence-electron chi connectivity index (χ1n) is 8.76.